The summed E-state index contributed by atoms with van der Waals surface area (Å²) in [6, 6.07) is -1.24. The van der Waals surface area contributed by atoms with E-state index >= 15 is 0 Å². The van der Waals surface area contributed by atoms with E-state index in [1.165, 1.54) is 6.92 Å². The highest BCUT2D eigenvalue weighted by Crippen LogP contribution is 2.25. The largest absolute Gasteiger partial charge is 0.481 e. The second-order valence-corrected chi connectivity index (χ2v) is 7.62. The summed E-state index contributed by atoms with van der Waals surface area (Å²) in [6.45, 7) is 6.17. The van der Waals surface area contributed by atoms with Crippen molar-refractivity contribution in [1.29, 1.82) is 0 Å². The maximum Gasteiger partial charge on any atom is 0.466 e. The van der Waals surface area contributed by atoms with E-state index in [1.54, 1.807) is 20.8 Å². The van der Waals surface area contributed by atoms with Crippen molar-refractivity contribution in [1.82, 2.24) is 5.32 Å². The standard InChI is InChI=1S/C10H17NO5.C5H9NO3.H3O4P/c1-6(12)5-7(8(13)14)11-9(15)16-10(2,3)4;6-3-4(7)1-2-5(8)9;1-5(2,3)4/h7H,5H2,1-4H3,(H,11,15)(H,13,14);1-3,6H2,(H,8,9);(H3,1,2,3,4). The third-order valence-corrected chi connectivity index (χ3v) is 2.33. The van der Waals surface area contributed by atoms with Crippen molar-refractivity contribution in [3.63, 3.8) is 0 Å². The quantitative estimate of drug-likeness (QED) is 0.224. The number of amides is 1. The maximum atomic E-state index is 11.2. The van der Waals surface area contributed by atoms with Gasteiger partial charge < -0.3 is 40.7 Å². The third kappa shape index (κ3) is 33.2. The first-order chi connectivity index (χ1) is 13.3. The van der Waals surface area contributed by atoms with E-state index in [4.69, 9.17) is 39.9 Å². The number of nitrogens with two attached hydrogens (primary N) is 1. The highest BCUT2D eigenvalue weighted by molar-refractivity contribution is 7.45. The van der Waals surface area contributed by atoms with E-state index in [-0.39, 0.29) is 37.4 Å². The molecule has 1 atom stereocenters. The molecule has 0 saturated heterocycles. The Morgan fingerprint density at radius 2 is 1.47 bits per heavy atom. The molecule has 0 aliphatic heterocycles. The number of aliphatic carboxylic acids is 2. The first kappa shape index (κ1) is 32.3. The molecular formula is C15H29N2O12P. The smallest absolute Gasteiger partial charge is 0.466 e. The zero-order valence-electron chi connectivity index (χ0n) is 17.0. The van der Waals surface area contributed by atoms with Gasteiger partial charge in [0, 0.05) is 12.8 Å². The van der Waals surface area contributed by atoms with Crippen molar-refractivity contribution in [3.05, 3.63) is 0 Å². The minimum absolute atomic E-state index is 0.0475. The fourth-order valence-corrected chi connectivity index (χ4v) is 1.29. The van der Waals surface area contributed by atoms with Crippen molar-refractivity contribution < 1.29 is 58.2 Å². The van der Waals surface area contributed by atoms with Gasteiger partial charge in [0.1, 0.15) is 23.2 Å². The number of carbonyl (C=O) groups excluding carboxylic acids is 3. The van der Waals surface area contributed by atoms with Crippen LogP contribution in [0.1, 0.15) is 47.0 Å². The summed E-state index contributed by atoms with van der Waals surface area (Å²) in [4.78, 5) is 74.4. The zero-order chi connectivity index (χ0) is 24.7. The number of hydrogen-bond acceptors (Lipinski definition) is 8. The minimum Gasteiger partial charge on any atom is -0.481 e. The predicted octanol–water partition coefficient (Wildman–Crippen LogP) is -0.606. The second kappa shape index (κ2) is 15.5. The van der Waals surface area contributed by atoms with Crippen LogP contribution in [-0.2, 0) is 28.5 Å². The number of carbonyl (C=O) groups is 5. The average Bonchev–Trinajstić information content (AvgIpc) is 2.48. The van der Waals surface area contributed by atoms with Gasteiger partial charge in [-0.1, -0.05) is 0 Å². The Bertz CT molecular complexity index is 630. The van der Waals surface area contributed by atoms with Gasteiger partial charge in [0.2, 0.25) is 0 Å². The molecule has 1 unspecified atom stereocenters. The van der Waals surface area contributed by atoms with Crippen LogP contribution in [0.5, 0.6) is 0 Å². The van der Waals surface area contributed by atoms with E-state index < -0.39 is 37.5 Å². The van der Waals surface area contributed by atoms with Crippen molar-refractivity contribution in [2.45, 2.75) is 58.6 Å². The number of alkyl carbamates (subject to hydrolysis) is 1. The van der Waals surface area contributed by atoms with Crippen LogP contribution in [0.25, 0.3) is 0 Å². The summed E-state index contributed by atoms with van der Waals surface area (Å²) in [5, 5.41) is 18.9. The number of ether oxygens (including phenoxy) is 1. The number of carboxylic acid groups (broad SMARTS) is 2. The van der Waals surface area contributed by atoms with E-state index in [2.05, 4.69) is 5.32 Å². The van der Waals surface area contributed by atoms with Crippen molar-refractivity contribution in [3.8, 4) is 0 Å². The average molecular weight is 460 g/mol. The number of hydrogen-bond donors (Lipinski definition) is 7. The molecule has 0 aliphatic carbocycles. The molecule has 8 N–H and O–H groups in total. The highest BCUT2D eigenvalue weighted by Gasteiger charge is 2.24. The van der Waals surface area contributed by atoms with Crippen LogP contribution in [-0.4, -0.2) is 72.7 Å². The third-order valence-electron chi connectivity index (χ3n) is 2.33. The van der Waals surface area contributed by atoms with E-state index in [0.717, 1.165) is 0 Å². The molecule has 0 aliphatic rings. The van der Waals surface area contributed by atoms with Gasteiger partial charge in [-0.2, -0.15) is 0 Å². The monoisotopic (exact) mass is 460 g/mol. The summed E-state index contributed by atoms with van der Waals surface area (Å²) in [5.74, 6) is -2.75. The van der Waals surface area contributed by atoms with Crippen LogP contribution in [0.4, 0.5) is 4.79 Å². The Balaban J connectivity index is -0.000000435. The lowest BCUT2D eigenvalue weighted by atomic mass is 10.1. The van der Waals surface area contributed by atoms with E-state index in [0.29, 0.717) is 0 Å². The van der Waals surface area contributed by atoms with Crippen LogP contribution >= 0.6 is 7.82 Å². The number of ketones is 2. The normalized spacial score (nSPS) is 11.5. The fraction of sp³-hybridized carbons (Fsp3) is 0.667. The molecule has 0 bridgehead atoms. The van der Waals surface area contributed by atoms with Crippen molar-refractivity contribution in [2.24, 2.45) is 5.73 Å². The summed E-state index contributed by atoms with van der Waals surface area (Å²) < 4.78 is 13.8. The molecule has 0 aromatic heterocycles. The molecule has 0 aromatic carbocycles. The summed E-state index contributed by atoms with van der Waals surface area (Å²) in [7, 11) is -4.64. The number of carboxylic acids is 2. The van der Waals surface area contributed by atoms with E-state index in [9.17, 15) is 24.0 Å². The molecule has 14 nitrogen and oxygen atoms in total. The number of rotatable bonds is 8. The molecule has 0 fully saturated rings. The topological polar surface area (TPSA) is 251 Å². The predicted molar refractivity (Wildman–Crippen MR) is 101 cm³/mol. The first-order valence-electron chi connectivity index (χ1n) is 8.22. The van der Waals surface area contributed by atoms with E-state index in [1.807, 2.05) is 0 Å². The lowest BCUT2D eigenvalue weighted by molar-refractivity contribution is -0.141. The Morgan fingerprint density at radius 1 is 1.03 bits per heavy atom. The van der Waals surface area contributed by atoms with Gasteiger partial charge in [-0.15, -0.1) is 0 Å². The summed E-state index contributed by atoms with van der Waals surface area (Å²) >= 11 is 0. The van der Waals surface area contributed by atoms with Gasteiger partial charge in [-0.25, -0.2) is 14.2 Å². The molecule has 30 heavy (non-hydrogen) atoms. The molecule has 0 rings (SSSR count). The van der Waals surface area contributed by atoms with Crippen LogP contribution in [0.3, 0.4) is 0 Å². The van der Waals surface area contributed by atoms with Gasteiger partial charge >= 0.3 is 25.9 Å². The lowest BCUT2D eigenvalue weighted by Gasteiger charge is -2.21. The molecule has 0 spiro atoms. The van der Waals surface area contributed by atoms with Gasteiger partial charge in [-0.3, -0.25) is 14.4 Å². The molecule has 0 heterocycles. The Labute approximate surface area is 172 Å². The molecule has 0 aromatic rings. The maximum absolute atomic E-state index is 11.2. The molecular weight excluding hydrogens is 431 g/mol. The molecule has 176 valence electrons. The van der Waals surface area contributed by atoms with Crippen LogP contribution in [0.15, 0.2) is 0 Å². The van der Waals surface area contributed by atoms with Crippen molar-refractivity contribution in [2.75, 3.05) is 6.54 Å². The van der Waals surface area contributed by atoms with Crippen LogP contribution in [0.2, 0.25) is 0 Å². The summed E-state index contributed by atoms with van der Waals surface area (Å²) in [6.07, 6.45) is -1.17. The first-order valence-corrected chi connectivity index (χ1v) is 9.78. The zero-order valence-corrected chi connectivity index (χ0v) is 17.9. The molecule has 0 radical (unpaired) electrons. The van der Waals surface area contributed by atoms with Gasteiger partial charge in [0.05, 0.1) is 13.0 Å². The number of nitrogens with one attached hydrogen (secondary N) is 1. The lowest BCUT2D eigenvalue weighted by Crippen LogP contribution is -2.44. The van der Waals surface area contributed by atoms with Crippen LogP contribution in [0, 0.1) is 0 Å². The number of Topliss-reactive ketones (excluding diaryl/α,β-unsaturated/α-hetero) is 2. The fourth-order valence-electron chi connectivity index (χ4n) is 1.29. The van der Waals surface area contributed by atoms with Gasteiger partial charge in [0.25, 0.3) is 0 Å². The Hall–Kier alpha value is -2.38. The number of phosphoric acid groups is 1. The Kier molecular flexibility index (Phi) is 16.6. The van der Waals surface area contributed by atoms with Gasteiger partial charge in [-0.05, 0) is 27.7 Å². The second-order valence-electron chi connectivity index (χ2n) is 6.59. The summed E-state index contributed by atoms with van der Waals surface area (Å²) in [5.41, 5.74) is 4.21. The highest BCUT2D eigenvalue weighted by atomic mass is 31.2. The Morgan fingerprint density at radius 3 is 1.73 bits per heavy atom. The van der Waals surface area contributed by atoms with Gasteiger partial charge in [0.15, 0.2) is 0 Å². The SMILES string of the molecule is CC(=O)CC(NC(=O)OC(C)(C)C)C(=O)O.NCC(=O)CCC(=O)O.O=P(O)(O)O. The minimum atomic E-state index is -4.64. The molecule has 1 amide bonds. The molecule has 0 saturated carbocycles. The van der Waals surface area contributed by atoms with Crippen LogP contribution < -0.4 is 11.1 Å². The molecule has 15 heteroatoms. The van der Waals surface area contributed by atoms with Crippen molar-refractivity contribution >= 4 is 37.4 Å².